The molecule has 0 spiro atoms. The zero-order chi connectivity index (χ0) is 76.7. The van der Waals surface area contributed by atoms with Crippen LogP contribution < -0.4 is 33.2 Å². The first kappa shape index (κ1) is 83.4. The van der Waals surface area contributed by atoms with Crippen LogP contribution in [0.1, 0.15) is 184 Å². The highest BCUT2D eigenvalue weighted by Crippen LogP contribution is 2.35. The summed E-state index contributed by atoms with van der Waals surface area (Å²) in [6.07, 6.45) is 0. The molecule has 12 aromatic carbocycles. The van der Waals surface area contributed by atoms with E-state index in [2.05, 4.69) is 196 Å². The monoisotopic (exact) mass is 1470 g/mol. The molecule has 7 nitrogen and oxygen atoms in total. The summed E-state index contributed by atoms with van der Waals surface area (Å²) in [5, 5.41) is 1.74. The summed E-state index contributed by atoms with van der Waals surface area (Å²) in [5.74, 6) is 14.1. The number of hydrogen-bond donors (Lipinski definition) is 0. The molecule has 552 valence electrons. The summed E-state index contributed by atoms with van der Waals surface area (Å²) in [4.78, 5) is 0. The molecular formula is C96H105Cl3O7. The Hall–Kier alpha value is -9.89. The van der Waals surface area contributed by atoms with Gasteiger partial charge in [0.15, 0.2) is 0 Å². The highest BCUT2D eigenvalue weighted by molar-refractivity contribution is 6.42. The second-order valence-electron chi connectivity index (χ2n) is 28.5. The molecule has 12 aromatic rings. The van der Waals surface area contributed by atoms with Gasteiger partial charge in [0.25, 0.3) is 0 Å². The van der Waals surface area contributed by atoms with Crippen LogP contribution in [0.4, 0.5) is 0 Å². The van der Waals surface area contributed by atoms with Crippen LogP contribution in [0.15, 0.2) is 291 Å². The van der Waals surface area contributed by atoms with Crippen LogP contribution in [0.5, 0.6) is 74.7 Å². The van der Waals surface area contributed by atoms with Gasteiger partial charge in [-0.2, -0.15) is 0 Å². The molecule has 0 aromatic heterocycles. The Morgan fingerprint density at radius 2 is 0.528 bits per heavy atom. The van der Waals surface area contributed by atoms with Crippen molar-refractivity contribution in [1.29, 1.82) is 0 Å². The van der Waals surface area contributed by atoms with E-state index in [0.29, 0.717) is 56.3 Å². The van der Waals surface area contributed by atoms with E-state index in [4.69, 9.17) is 68.0 Å². The first-order chi connectivity index (χ1) is 50.7. The Kier molecular flexibility index (Phi) is 33.3. The van der Waals surface area contributed by atoms with Gasteiger partial charge in [-0.3, -0.25) is 0 Å². The molecule has 0 bridgehead atoms. The smallest absolute Gasteiger partial charge is 0.130 e. The normalized spacial score (nSPS) is 10.8. The zero-order valence-electron chi connectivity index (χ0n) is 64.7. The number of hydrogen-bond acceptors (Lipinski definition) is 7. The Morgan fingerprint density at radius 1 is 0.245 bits per heavy atom. The van der Waals surface area contributed by atoms with Crippen molar-refractivity contribution in [3.8, 4) is 74.7 Å². The third-order valence-corrected chi connectivity index (χ3v) is 17.9. The fourth-order valence-electron chi connectivity index (χ4n) is 10.3. The third-order valence-electron chi connectivity index (χ3n) is 16.9. The highest BCUT2D eigenvalue weighted by Gasteiger charge is 2.14. The minimum atomic E-state index is 0.177. The van der Waals surface area contributed by atoms with Crippen LogP contribution in [0, 0.1) is 6.92 Å². The summed E-state index contributed by atoms with van der Waals surface area (Å²) in [6.45, 7) is 34.8. The zero-order valence-corrected chi connectivity index (χ0v) is 66.9. The molecule has 0 unspecified atom stereocenters. The second kappa shape index (κ2) is 42.3. The molecule has 0 atom stereocenters. The van der Waals surface area contributed by atoms with E-state index in [1.54, 1.807) is 25.3 Å². The molecule has 0 aliphatic rings. The van der Waals surface area contributed by atoms with E-state index in [1.165, 1.54) is 38.9 Å². The van der Waals surface area contributed by atoms with Gasteiger partial charge in [-0.1, -0.05) is 260 Å². The minimum Gasteiger partial charge on any atom is -0.497 e. The first-order valence-corrected chi connectivity index (χ1v) is 37.5. The lowest BCUT2D eigenvalue weighted by Crippen LogP contribution is -2.10. The summed E-state index contributed by atoms with van der Waals surface area (Å²) in [6, 6.07) is 95.7. The maximum atomic E-state index is 5.95. The van der Waals surface area contributed by atoms with Gasteiger partial charge in [-0.05, 0) is 256 Å². The maximum Gasteiger partial charge on any atom is 0.130 e. The molecule has 12 rings (SSSR count). The van der Waals surface area contributed by atoms with Crippen molar-refractivity contribution in [2.45, 2.75) is 152 Å². The molecule has 0 heterocycles. The average Bonchev–Trinajstić information content (AvgIpc) is 0.878. The second-order valence-corrected chi connectivity index (χ2v) is 29.8. The van der Waals surface area contributed by atoms with E-state index in [-0.39, 0.29) is 5.41 Å². The Balaban J connectivity index is 0.000000178. The molecule has 0 saturated carbocycles. The van der Waals surface area contributed by atoms with E-state index in [1.807, 2.05) is 188 Å². The average molecular weight is 1480 g/mol. The summed E-state index contributed by atoms with van der Waals surface area (Å²) >= 11 is 17.6. The van der Waals surface area contributed by atoms with Gasteiger partial charge >= 0.3 is 0 Å². The van der Waals surface area contributed by atoms with Crippen LogP contribution >= 0.6 is 34.8 Å². The molecule has 0 saturated heterocycles. The predicted molar refractivity (Wildman–Crippen MR) is 447 cm³/mol. The topological polar surface area (TPSA) is 64.6 Å². The SMILES string of the molecule is CC(C)c1ccc(Oc2ccccc2)cc1.CC(C)c1cccc(Oc2ccc(C(C)(C)C)cc2)c1.CC(C)c1cccc(Oc2ccc(Cl)c(Cl)c2)c1.CC(C)c1cccc(Oc2ccc(Cl)cc2)c1.COc1ccc(Oc2cccc(C(C)C)c2)cc1.Cc1ccccc1Oc1cccc(C(C)C)c1. The summed E-state index contributed by atoms with van der Waals surface area (Å²) < 4.78 is 40.0. The van der Waals surface area contributed by atoms with Gasteiger partial charge in [0, 0.05) is 11.1 Å². The number of para-hydroxylation sites is 2. The van der Waals surface area contributed by atoms with Crippen molar-refractivity contribution >= 4 is 34.8 Å². The molecule has 0 aliphatic heterocycles. The van der Waals surface area contributed by atoms with Crippen molar-refractivity contribution in [2.24, 2.45) is 0 Å². The lowest BCUT2D eigenvalue weighted by atomic mass is 9.87. The van der Waals surface area contributed by atoms with Gasteiger partial charge < -0.3 is 33.2 Å². The van der Waals surface area contributed by atoms with E-state index in [0.717, 1.165) is 74.6 Å². The molecule has 106 heavy (non-hydrogen) atoms. The number of halogens is 3. The third kappa shape index (κ3) is 28.9. The number of methoxy groups -OCH3 is 1. The standard InChI is InChI=1S/C19H24O.C16H18O2.C16H18O.C15H14Cl2O.C15H15ClO.C15H16O/c1-14(2)15-7-6-8-18(13-15)20-17-11-9-16(10-12-17)19(3,4)5;1-12(2)13-5-4-6-16(11-13)18-15-9-7-14(17-3)8-10-15;1-12(2)14-8-6-9-15(11-14)17-16-10-5-4-7-13(16)3;1-10(2)11-4-3-5-12(8-11)18-13-6-7-14(16)15(17)9-13;1-11(2)12-4-3-5-15(10-12)17-14-8-6-13(16)7-9-14;1-12(2)13-8-10-15(11-9-13)16-14-6-4-3-5-7-14/h6-14H,1-5H3;4-12H,1-3H3;4-12H,1-3H3;3-10H,1-2H3;3-11H,1-2H3;3-12H,1-2H3. The fraction of sp³-hybridized carbons (Fsp3) is 0.250. The maximum absolute atomic E-state index is 5.95. The highest BCUT2D eigenvalue weighted by atomic mass is 35.5. The number of rotatable bonds is 19. The number of aryl methyl sites for hydroxylation is 1. The quantitative estimate of drug-likeness (QED) is 0.0799. The minimum absolute atomic E-state index is 0.177. The van der Waals surface area contributed by atoms with Crippen molar-refractivity contribution in [3.63, 3.8) is 0 Å². The van der Waals surface area contributed by atoms with Crippen molar-refractivity contribution in [1.82, 2.24) is 0 Å². The predicted octanol–water partition coefficient (Wildman–Crippen LogP) is 31.2. The molecule has 0 amide bonds. The Morgan fingerprint density at radius 3 is 0.887 bits per heavy atom. The van der Waals surface area contributed by atoms with Crippen molar-refractivity contribution < 1.29 is 33.2 Å². The van der Waals surface area contributed by atoms with Crippen molar-refractivity contribution in [2.75, 3.05) is 7.11 Å². The van der Waals surface area contributed by atoms with Gasteiger partial charge in [0.1, 0.15) is 74.7 Å². The molecule has 0 fully saturated rings. The first-order valence-electron chi connectivity index (χ1n) is 36.4. The van der Waals surface area contributed by atoms with E-state index < -0.39 is 0 Å². The lowest BCUT2D eigenvalue weighted by Gasteiger charge is -2.19. The lowest BCUT2D eigenvalue weighted by molar-refractivity contribution is 0.413. The molecule has 10 heteroatoms. The van der Waals surface area contributed by atoms with Gasteiger partial charge in [0.2, 0.25) is 0 Å². The van der Waals surface area contributed by atoms with Crippen LogP contribution in [0.2, 0.25) is 15.1 Å². The van der Waals surface area contributed by atoms with Crippen LogP contribution in [0.25, 0.3) is 0 Å². The van der Waals surface area contributed by atoms with Crippen LogP contribution in [-0.4, -0.2) is 7.11 Å². The Labute approximate surface area is 648 Å². The molecule has 0 N–H and O–H groups in total. The number of benzene rings is 12. The van der Waals surface area contributed by atoms with Gasteiger partial charge in [-0.15, -0.1) is 0 Å². The van der Waals surface area contributed by atoms with Crippen LogP contribution in [-0.2, 0) is 5.41 Å². The molecular weight excluding hydrogens is 1370 g/mol. The number of ether oxygens (including phenoxy) is 7. The summed E-state index contributed by atoms with van der Waals surface area (Å²) in [7, 11) is 1.65. The summed E-state index contributed by atoms with van der Waals surface area (Å²) in [5.41, 5.74) is 10.4. The van der Waals surface area contributed by atoms with Crippen LogP contribution in [0.3, 0.4) is 0 Å². The van der Waals surface area contributed by atoms with E-state index >= 15 is 0 Å². The molecule has 0 radical (unpaired) electrons. The Bertz CT molecular complexity index is 4540. The molecule has 0 aliphatic carbocycles. The van der Waals surface area contributed by atoms with E-state index in [9.17, 15) is 0 Å². The fourth-order valence-corrected chi connectivity index (χ4v) is 10.7. The largest absolute Gasteiger partial charge is 0.497 e. The van der Waals surface area contributed by atoms with Gasteiger partial charge in [-0.25, -0.2) is 0 Å². The van der Waals surface area contributed by atoms with Crippen molar-refractivity contribution in [3.05, 3.63) is 351 Å². The van der Waals surface area contributed by atoms with Gasteiger partial charge in [0.05, 0.1) is 17.2 Å².